The summed E-state index contributed by atoms with van der Waals surface area (Å²) in [4.78, 5) is 13.3. The van der Waals surface area contributed by atoms with E-state index in [1.165, 1.54) is 0 Å². The molecule has 3 aromatic carbocycles. The minimum absolute atomic E-state index is 0.211. The molecule has 5 aromatic rings. The largest absolute Gasteiger partial charge is 0.340 e. The van der Waals surface area contributed by atoms with Crippen molar-refractivity contribution in [2.24, 2.45) is 0 Å². The van der Waals surface area contributed by atoms with Crippen LogP contribution in [0, 0.1) is 6.92 Å². The highest BCUT2D eigenvalue weighted by molar-refractivity contribution is 7.92. The molecule has 0 atom stereocenters. The molecule has 0 aliphatic heterocycles. The normalized spacial score (nSPS) is 11.2. The highest BCUT2D eigenvalue weighted by atomic mass is 32.2. The second kappa shape index (κ2) is 9.40. The maximum absolute atomic E-state index is 12.9. The number of hydrogen-bond acceptors (Lipinski definition) is 7. The number of aryl methyl sites for hydroxylation is 1. The van der Waals surface area contributed by atoms with Crippen molar-refractivity contribution in [2.45, 2.75) is 11.8 Å². The average Bonchev–Trinajstić information content (AvgIpc) is 2.85. The van der Waals surface area contributed by atoms with Crippen LogP contribution in [0.5, 0.6) is 0 Å². The van der Waals surface area contributed by atoms with Gasteiger partial charge in [0, 0.05) is 23.6 Å². The zero-order chi connectivity index (χ0) is 24.3. The van der Waals surface area contributed by atoms with E-state index in [4.69, 9.17) is 0 Å². The van der Waals surface area contributed by atoms with Crippen molar-refractivity contribution >= 4 is 49.6 Å². The highest BCUT2D eigenvalue weighted by Crippen LogP contribution is 2.24. The molecule has 3 N–H and O–H groups in total. The summed E-state index contributed by atoms with van der Waals surface area (Å²) in [6.07, 6.45) is 1.70. The number of sulfonamides is 1. The molecule has 0 bridgehead atoms. The standard InChI is InChI=1S/C26H22N6O2S/c1-18-28-25(17-26(29-18)31-24-8-4-5-15-27-24)30-21-10-12-22(13-11-21)32-35(33,34)23-14-9-19-6-2-3-7-20(19)16-23/h2-17,32H,1H3,(H2,27,28,29,30,31). The number of nitrogens with one attached hydrogen (secondary N) is 3. The van der Waals surface area contributed by atoms with E-state index in [2.05, 4.69) is 30.3 Å². The predicted molar refractivity (Wildman–Crippen MR) is 139 cm³/mol. The number of rotatable bonds is 7. The predicted octanol–water partition coefficient (Wildman–Crippen LogP) is 5.62. The molecule has 0 spiro atoms. The van der Waals surface area contributed by atoms with Crippen LogP contribution in [0.4, 0.5) is 28.8 Å². The molecule has 174 valence electrons. The molecule has 8 nitrogen and oxygen atoms in total. The molecule has 0 fully saturated rings. The van der Waals surface area contributed by atoms with E-state index in [-0.39, 0.29) is 4.90 Å². The van der Waals surface area contributed by atoms with Crippen LogP contribution in [0.15, 0.2) is 102 Å². The van der Waals surface area contributed by atoms with E-state index in [9.17, 15) is 8.42 Å². The Balaban J connectivity index is 1.30. The van der Waals surface area contributed by atoms with Gasteiger partial charge in [-0.25, -0.2) is 23.4 Å². The summed E-state index contributed by atoms with van der Waals surface area (Å²) in [6, 6.07) is 27.0. The lowest BCUT2D eigenvalue weighted by atomic mass is 10.1. The molecule has 2 aromatic heterocycles. The van der Waals surface area contributed by atoms with Gasteiger partial charge in [0.25, 0.3) is 10.0 Å². The molecule has 0 aliphatic rings. The number of pyridine rings is 1. The minimum Gasteiger partial charge on any atom is -0.340 e. The maximum atomic E-state index is 12.9. The molecule has 5 rings (SSSR count). The van der Waals surface area contributed by atoms with Gasteiger partial charge in [-0.3, -0.25) is 4.72 Å². The van der Waals surface area contributed by atoms with Gasteiger partial charge >= 0.3 is 0 Å². The van der Waals surface area contributed by atoms with Crippen LogP contribution in [-0.4, -0.2) is 23.4 Å². The highest BCUT2D eigenvalue weighted by Gasteiger charge is 2.15. The first-order valence-electron chi connectivity index (χ1n) is 10.9. The lowest BCUT2D eigenvalue weighted by molar-refractivity contribution is 0.601. The summed E-state index contributed by atoms with van der Waals surface area (Å²) < 4.78 is 28.4. The molecule has 0 saturated heterocycles. The van der Waals surface area contributed by atoms with Crippen LogP contribution >= 0.6 is 0 Å². The zero-order valence-electron chi connectivity index (χ0n) is 18.8. The van der Waals surface area contributed by atoms with Crippen molar-refractivity contribution in [1.82, 2.24) is 15.0 Å². The summed E-state index contributed by atoms with van der Waals surface area (Å²) in [5.41, 5.74) is 1.21. The van der Waals surface area contributed by atoms with Gasteiger partial charge in [0.05, 0.1) is 4.90 Å². The molecule has 9 heteroatoms. The van der Waals surface area contributed by atoms with Gasteiger partial charge in [-0.05, 0) is 66.2 Å². The van der Waals surface area contributed by atoms with Crippen molar-refractivity contribution in [3.63, 3.8) is 0 Å². The Bertz CT molecular complexity index is 1590. The third-order valence-corrected chi connectivity index (χ3v) is 6.58. The molecular weight excluding hydrogens is 460 g/mol. The third-order valence-electron chi connectivity index (χ3n) is 5.20. The lowest BCUT2D eigenvalue weighted by Gasteiger charge is -2.12. The Morgan fingerprint density at radius 2 is 1.34 bits per heavy atom. The van der Waals surface area contributed by atoms with Crippen molar-refractivity contribution < 1.29 is 8.42 Å². The number of nitrogens with zero attached hydrogens (tertiary/aromatic N) is 3. The molecule has 0 saturated carbocycles. The van der Waals surface area contributed by atoms with Gasteiger partial charge in [0.2, 0.25) is 0 Å². The lowest BCUT2D eigenvalue weighted by Crippen LogP contribution is -2.12. The Morgan fingerprint density at radius 1 is 0.657 bits per heavy atom. The second-order valence-corrected chi connectivity index (χ2v) is 9.52. The summed E-state index contributed by atoms with van der Waals surface area (Å²) >= 11 is 0. The van der Waals surface area contributed by atoms with E-state index in [0.717, 1.165) is 16.5 Å². The summed E-state index contributed by atoms with van der Waals surface area (Å²) in [5.74, 6) is 2.48. The number of anilines is 5. The van der Waals surface area contributed by atoms with Gasteiger partial charge in [-0.1, -0.05) is 36.4 Å². The second-order valence-electron chi connectivity index (χ2n) is 7.84. The van der Waals surface area contributed by atoms with Crippen LogP contribution in [0.1, 0.15) is 5.82 Å². The van der Waals surface area contributed by atoms with Gasteiger partial charge < -0.3 is 10.6 Å². The van der Waals surface area contributed by atoms with Crippen molar-refractivity contribution in [3.05, 3.63) is 103 Å². The van der Waals surface area contributed by atoms with E-state index in [1.807, 2.05) is 42.5 Å². The van der Waals surface area contributed by atoms with E-state index in [0.29, 0.717) is 29.0 Å². The van der Waals surface area contributed by atoms with Crippen LogP contribution in [0.25, 0.3) is 10.8 Å². The van der Waals surface area contributed by atoms with Gasteiger partial charge in [0.15, 0.2) is 0 Å². The van der Waals surface area contributed by atoms with Crippen molar-refractivity contribution in [2.75, 3.05) is 15.4 Å². The van der Waals surface area contributed by atoms with Gasteiger partial charge in [0.1, 0.15) is 23.3 Å². The fourth-order valence-electron chi connectivity index (χ4n) is 3.58. The first kappa shape index (κ1) is 22.3. The zero-order valence-corrected chi connectivity index (χ0v) is 19.6. The molecule has 0 amide bonds. The van der Waals surface area contributed by atoms with Crippen molar-refractivity contribution in [1.29, 1.82) is 0 Å². The van der Waals surface area contributed by atoms with Crippen LogP contribution in [-0.2, 0) is 10.0 Å². The van der Waals surface area contributed by atoms with Gasteiger partial charge in [-0.15, -0.1) is 0 Å². The molecule has 2 heterocycles. The smallest absolute Gasteiger partial charge is 0.261 e. The van der Waals surface area contributed by atoms with Crippen LogP contribution < -0.4 is 15.4 Å². The number of hydrogen-bond donors (Lipinski definition) is 3. The van der Waals surface area contributed by atoms with E-state index < -0.39 is 10.0 Å². The number of fused-ring (bicyclic) bond motifs is 1. The quantitative estimate of drug-likeness (QED) is 0.276. The summed E-state index contributed by atoms with van der Waals surface area (Å²) in [5, 5.41) is 8.23. The Hall–Kier alpha value is -4.50. The first-order valence-corrected chi connectivity index (χ1v) is 12.4. The molecule has 0 radical (unpaired) electrons. The summed E-state index contributed by atoms with van der Waals surface area (Å²) in [6.45, 7) is 1.81. The fourth-order valence-corrected chi connectivity index (χ4v) is 4.68. The van der Waals surface area contributed by atoms with Crippen molar-refractivity contribution in [3.8, 4) is 0 Å². The Kier molecular flexibility index (Phi) is 5.99. The Morgan fingerprint density at radius 3 is 2.09 bits per heavy atom. The SMILES string of the molecule is Cc1nc(Nc2ccc(NS(=O)(=O)c3ccc4ccccc4c3)cc2)cc(Nc2ccccn2)n1. The van der Waals surface area contributed by atoms with E-state index >= 15 is 0 Å². The third kappa shape index (κ3) is 5.36. The number of aromatic nitrogens is 3. The average molecular weight is 483 g/mol. The monoisotopic (exact) mass is 482 g/mol. The van der Waals surface area contributed by atoms with Gasteiger partial charge in [-0.2, -0.15) is 0 Å². The Labute approximate surface area is 203 Å². The summed E-state index contributed by atoms with van der Waals surface area (Å²) in [7, 11) is -3.72. The molecule has 35 heavy (non-hydrogen) atoms. The van der Waals surface area contributed by atoms with Crippen LogP contribution in [0.3, 0.4) is 0 Å². The van der Waals surface area contributed by atoms with Crippen LogP contribution in [0.2, 0.25) is 0 Å². The maximum Gasteiger partial charge on any atom is 0.261 e. The first-order chi connectivity index (χ1) is 16.9. The molecule has 0 aliphatic carbocycles. The minimum atomic E-state index is -3.72. The fraction of sp³-hybridized carbons (Fsp3) is 0.0385. The number of benzene rings is 3. The molecular formula is C26H22N6O2S. The topological polar surface area (TPSA) is 109 Å². The van der Waals surface area contributed by atoms with E-state index in [1.54, 1.807) is 61.7 Å². The molecule has 0 unspecified atom stereocenters.